The van der Waals surface area contributed by atoms with Gasteiger partial charge in [0.1, 0.15) is 11.1 Å². The van der Waals surface area contributed by atoms with Crippen molar-refractivity contribution < 1.29 is 18.7 Å². The average Bonchev–Trinajstić information content (AvgIpc) is 3.44. The Morgan fingerprint density at radius 1 is 1.26 bits per heavy atom. The Kier molecular flexibility index (Phi) is 8.54. The van der Waals surface area contributed by atoms with Gasteiger partial charge in [-0.15, -0.1) is 11.8 Å². The number of thiophene rings is 1. The number of ether oxygens (including phenoxy) is 2. The minimum atomic E-state index is -0.746. The fourth-order valence-corrected chi connectivity index (χ4v) is 6.15. The summed E-state index contributed by atoms with van der Waals surface area (Å²) in [4.78, 5) is 14.5. The van der Waals surface area contributed by atoms with Crippen LogP contribution in [-0.4, -0.2) is 24.2 Å². The molecule has 2 atom stereocenters. The van der Waals surface area contributed by atoms with E-state index in [4.69, 9.17) is 14.9 Å². The van der Waals surface area contributed by atoms with Crippen LogP contribution in [0.1, 0.15) is 24.5 Å². The fourth-order valence-electron chi connectivity index (χ4n) is 4.34. The molecule has 5 nitrogen and oxygen atoms in total. The number of nitrogens with one attached hydrogen (secondary N) is 2. The van der Waals surface area contributed by atoms with E-state index in [-0.39, 0.29) is 23.3 Å². The maximum atomic E-state index is 13.5. The SMILES string of the molecule is C=C1CC(C(C)=CC=CC(=N)Oc2ccc(F)cc2OC)(c2ccsc2)NC(=O)C1Sc1ccccc1C. The van der Waals surface area contributed by atoms with Crippen LogP contribution in [-0.2, 0) is 10.3 Å². The Balaban J connectivity index is 1.54. The van der Waals surface area contributed by atoms with Crippen molar-refractivity contribution in [3.8, 4) is 11.5 Å². The number of piperidine rings is 1. The van der Waals surface area contributed by atoms with E-state index >= 15 is 0 Å². The number of methoxy groups -OCH3 is 1. The van der Waals surface area contributed by atoms with Gasteiger partial charge in [-0.1, -0.05) is 42.5 Å². The summed E-state index contributed by atoms with van der Waals surface area (Å²) in [6, 6.07) is 13.9. The van der Waals surface area contributed by atoms with Crippen molar-refractivity contribution in [2.75, 3.05) is 7.11 Å². The van der Waals surface area contributed by atoms with Gasteiger partial charge < -0.3 is 14.8 Å². The molecule has 2 aromatic carbocycles. The van der Waals surface area contributed by atoms with Crippen molar-refractivity contribution in [1.29, 1.82) is 5.41 Å². The average molecular weight is 549 g/mol. The number of hydrogen-bond donors (Lipinski definition) is 2. The van der Waals surface area contributed by atoms with E-state index in [1.165, 1.54) is 43.1 Å². The van der Waals surface area contributed by atoms with Gasteiger partial charge in [-0.05, 0) is 65.6 Å². The number of amides is 1. The third kappa shape index (κ3) is 5.92. The summed E-state index contributed by atoms with van der Waals surface area (Å²) in [6.45, 7) is 8.31. The number of halogens is 1. The summed E-state index contributed by atoms with van der Waals surface area (Å²) in [6.07, 6.45) is 5.60. The lowest BCUT2D eigenvalue weighted by Crippen LogP contribution is -2.54. The van der Waals surface area contributed by atoms with Crippen LogP contribution < -0.4 is 14.8 Å². The number of thioether (sulfide) groups is 1. The molecular formula is C30H29FN2O3S2. The molecule has 38 heavy (non-hydrogen) atoms. The predicted molar refractivity (Wildman–Crippen MR) is 153 cm³/mol. The topological polar surface area (TPSA) is 71.4 Å². The van der Waals surface area contributed by atoms with Crippen LogP contribution in [0.3, 0.4) is 0 Å². The van der Waals surface area contributed by atoms with Gasteiger partial charge in [-0.25, -0.2) is 4.39 Å². The summed E-state index contributed by atoms with van der Waals surface area (Å²) in [7, 11) is 1.41. The molecule has 0 bridgehead atoms. The Morgan fingerprint density at radius 3 is 2.74 bits per heavy atom. The van der Waals surface area contributed by atoms with E-state index in [2.05, 4.69) is 11.9 Å². The number of carbonyl (C=O) groups is 1. The summed E-state index contributed by atoms with van der Waals surface area (Å²) < 4.78 is 24.1. The first-order valence-corrected chi connectivity index (χ1v) is 13.8. The molecule has 1 aliphatic rings. The first-order valence-electron chi connectivity index (χ1n) is 11.9. The van der Waals surface area contributed by atoms with Crippen LogP contribution in [0.5, 0.6) is 11.5 Å². The standard InChI is InChI=1S/C30H29FN2O3S2/c1-19-8-5-6-10-26(19)38-28-20(2)17-30(33-29(28)34,22-14-15-37-18-22)21(3)9-7-11-27(32)36-24-13-12-23(31)16-25(24)35-4/h5-16,18,28,32H,2,17H2,1,3-4H3,(H,33,34). The van der Waals surface area contributed by atoms with Crippen LogP contribution in [0.4, 0.5) is 4.39 Å². The minimum absolute atomic E-state index is 0.0862. The molecule has 1 amide bonds. The second-order valence-electron chi connectivity index (χ2n) is 8.98. The van der Waals surface area contributed by atoms with E-state index < -0.39 is 16.6 Å². The van der Waals surface area contributed by atoms with E-state index in [0.717, 1.165) is 27.2 Å². The maximum absolute atomic E-state index is 13.5. The van der Waals surface area contributed by atoms with Gasteiger partial charge in [0, 0.05) is 23.5 Å². The number of allylic oxidation sites excluding steroid dienone is 2. The second kappa shape index (κ2) is 11.8. The second-order valence-corrected chi connectivity index (χ2v) is 10.9. The minimum Gasteiger partial charge on any atom is -0.493 e. The van der Waals surface area contributed by atoms with Crippen molar-refractivity contribution in [3.63, 3.8) is 0 Å². The van der Waals surface area contributed by atoms with Gasteiger partial charge in [0.25, 0.3) is 0 Å². The van der Waals surface area contributed by atoms with Crippen LogP contribution in [0, 0.1) is 18.2 Å². The summed E-state index contributed by atoms with van der Waals surface area (Å²) >= 11 is 3.09. The van der Waals surface area contributed by atoms with Crippen LogP contribution in [0.2, 0.25) is 0 Å². The Labute approximate surface area is 230 Å². The number of hydrogen-bond acceptors (Lipinski definition) is 6. The Morgan fingerprint density at radius 2 is 2.05 bits per heavy atom. The lowest BCUT2D eigenvalue weighted by molar-refractivity contribution is -0.122. The smallest absolute Gasteiger partial charge is 0.238 e. The molecule has 2 N–H and O–H groups in total. The van der Waals surface area contributed by atoms with Crippen molar-refractivity contribution >= 4 is 34.9 Å². The molecular weight excluding hydrogens is 519 g/mol. The molecule has 0 aliphatic carbocycles. The summed E-state index contributed by atoms with van der Waals surface area (Å²) in [5, 5.41) is 15.1. The third-order valence-corrected chi connectivity index (χ3v) is 8.58. The molecule has 0 radical (unpaired) electrons. The molecule has 1 aliphatic heterocycles. The predicted octanol–water partition coefficient (Wildman–Crippen LogP) is 7.20. The van der Waals surface area contributed by atoms with Gasteiger partial charge in [0.05, 0.1) is 12.6 Å². The monoisotopic (exact) mass is 548 g/mol. The summed E-state index contributed by atoms with van der Waals surface area (Å²) in [5.74, 6) is -0.240. The van der Waals surface area contributed by atoms with Crippen molar-refractivity contribution in [2.24, 2.45) is 0 Å². The normalized spacial score (nSPS) is 19.9. The first-order chi connectivity index (χ1) is 18.2. The molecule has 0 saturated carbocycles. The van der Waals surface area contributed by atoms with Gasteiger partial charge in [-0.3, -0.25) is 10.2 Å². The molecule has 196 valence electrons. The highest BCUT2D eigenvalue weighted by molar-refractivity contribution is 8.00. The van der Waals surface area contributed by atoms with Gasteiger partial charge in [0.2, 0.25) is 11.8 Å². The van der Waals surface area contributed by atoms with Gasteiger partial charge in [0.15, 0.2) is 11.5 Å². The number of carbonyl (C=O) groups excluding carboxylic acids is 1. The number of rotatable bonds is 8. The molecule has 0 spiro atoms. The molecule has 1 saturated heterocycles. The van der Waals surface area contributed by atoms with Crippen molar-refractivity contribution in [3.05, 3.63) is 112 Å². The fraction of sp³-hybridized carbons (Fsp3) is 0.200. The molecule has 3 aromatic rings. The van der Waals surface area contributed by atoms with Crippen LogP contribution >= 0.6 is 23.1 Å². The number of aryl methyl sites for hydroxylation is 1. The zero-order chi connectivity index (χ0) is 27.3. The highest BCUT2D eigenvalue weighted by Crippen LogP contribution is 2.44. The number of benzene rings is 2. The summed E-state index contributed by atoms with van der Waals surface area (Å²) in [5.41, 5.74) is 3.11. The molecule has 1 fully saturated rings. The quantitative estimate of drug-likeness (QED) is 0.135. The van der Waals surface area contributed by atoms with Crippen LogP contribution in [0.25, 0.3) is 0 Å². The van der Waals surface area contributed by atoms with E-state index in [1.807, 2.05) is 61.0 Å². The lowest BCUT2D eigenvalue weighted by Gasteiger charge is -2.42. The first kappa shape index (κ1) is 27.4. The zero-order valence-corrected chi connectivity index (χ0v) is 23.0. The highest BCUT2D eigenvalue weighted by Gasteiger charge is 2.44. The Hall–Kier alpha value is -3.62. The van der Waals surface area contributed by atoms with E-state index in [0.29, 0.717) is 6.42 Å². The van der Waals surface area contributed by atoms with Gasteiger partial charge >= 0.3 is 0 Å². The molecule has 8 heteroatoms. The zero-order valence-electron chi connectivity index (χ0n) is 21.4. The third-order valence-electron chi connectivity index (χ3n) is 6.40. The van der Waals surface area contributed by atoms with E-state index in [9.17, 15) is 9.18 Å². The van der Waals surface area contributed by atoms with E-state index in [1.54, 1.807) is 17.4 Å². The van der Waals surface area contributed by atoms with Crippen molar-refractivity contribution in [2.45, 2.75) is 36.0 Å². The molecule has 1 aromatic heterocycles. The highest BCUT2D eigenvalue weighted by atomic mass is 32.2. The molecule has 2 heterocycles. The van der Waals surface area contributed by atoms with Crippen molar-refractivity contribution in [1.82, 2.24) is 5.32 Å². The molecule has 2 unspecified atom stereocenters. The largest absolute Gasteiger partial charge is 0.493 e. The van der Waals surface area contributed by atoms with Crippen LogP contribution in [0.15, 0.2) is 100 Å². The lowest BCUT2D eigenvalue weighted by atomic mass is 9.76. The maximum Gasteiger partial charge on any atom is 0.238 e. The van der Waals surface area contributed by atoms with Gasteiger partial charge in [-0.2, -0.15) is 11.3 Å². The molecule has 4 rings (SSSR count). The Bertz CT molecular complexity index is 1390.